The van der Waals surface area contributed by atoms with Crippen molar-refractivity contribution in [2.75, 3.05) is 19.6 Å². The maximum absolute atomic E-state index is 13.3. The molecule has 2 N–H and O–H groups in total. The highest BCUT2D eigenvalue weighted by Crippen LogP contribution is 2.41. The van der Waals surface area contributed by atoms with Crippen LogP contribution < -0.4 is 5.32 Å². The van der Waals surface area contributed by atoms with E-state index in [2.05, 4.69) is 10.2 Å². The van der Waals surface area contributed by atoms with Crippen LogP contribution in [0.1, 0.15) is 57.4 Å². The number of rotatable bonds is 7. The minimum Gasteiger partial charge on any atom is -0.375 e. The molecule has 1 atom stereocenters. The van der Waals surface area contributed by atoms with E-state index in [0.29, 0.717) is 18.5 Å². The maximum atomic E-state index is 13.3. The Morgan fingerprint density at radius 2 is 1.74 bits per heavy atom. The Balaban J connectivity index is 1.55. The number of hydrogen-bond donors (Lipinski definition) is 2. The summed E-state index contributed by atoms with van der Waals surface area (Å²) in [6, 6.07) is 9.16. The third-order valence-corrected chi connectivity index (χ3v) is 6.77. The molecule has 0 spiro atoms. The van der Waals surface area contributed by atoms with Crippen LogP contribution in [0.4, 0.5) is 13.2 Å². The predicted molar refractivity (Wildman–Crippen MR) is 114 cm³/mol. The number of nitrogens with zero attached hydrogens (tertiary/aromatic N) is 1. The average Bonchev–Trinajstić information content (AvgIpc) is 3.29. The number of halogens is 3. The van der Waals surface area contributed by atoms with Gasteiger partial charge in [-0.25, -0.2) is 0 Å². The minimum absolute atomic E-state index is 0.0344. The van der Waals surface area contributed by atoms with Gasteiger partial charge in [0.2, 0.25) is 0 Å². The number of benzene rings is 1. The summed E-state index contributed by atoms with van der Waals surface area (Å²) in [5.41, 5.74) is -1.43. The number of carbonyl (C=O) groups excluding carboxylic acids is 1. The molecule has 7 heteroatoms. The summed E-state index contributed by atoms with van der Waals surface area (Å²) in [5, 5.41) is 14.6. The van der Waals surface area contributed by atoms with Gasteiger partial charge in [-0.1, -0.05) is 49.2 Å². The molecule has 31 heavy (non-hydrogen) atoms. The zero-order valence-corrected chi connectivity index (χ0v) is 18.1. The first kappa shape index (κ1) is 23.8. The molecule has 0 radical (unpaired) electrons. The van der Waals surface area contributed by atoms with E-state index in [0.717, 1.165) is 58.5 Å². The molecular weight excluding hydrogens is 405 g/mol. The molecule has 1 unspecified atom stereocenters. The topological polar surface area (TPSA) is 52.6 Å². The normalized spacial score (nSPS) is 21.8. The van der Waals surface area contributed by atoms with Gasteiger partial charge in [0, 0.05) is 37.2 Å². The Kier molecular flexibility index (Phi) is 7.81. The van der Waals surface area contributed by atoms with Crippen molar-refractivity contribution in [1.82, 2.24) is 10.2 Å². The number of aliphatic hydroxyl groups is 1. The second-order valence-corrected chi connectivity index (χ2v) is 8.88. The van der Waals surface area contributed by atoms with Gasteiger partial charge in [-0.2, -0.15) is 13.2 Å². The van der Waals surface area contributed by atoms with E-state index in [1.807, 2.05) is 30.3 Å². The van der Waals surface area contributed by atoms with E-state index in [1.54, 1.807) is 0 Å². The lowest BCUT2D eigenvalue weighted by molar-refractivity contribution is -0.148. The maximum Gasteiger partial charge on any atom is 0.412 e. The van der Waals surface area contributed by atoms with Crippen molar-refractivity contribution in [3.8, 4) is 0 Å². The lowest BCUT2D eigenvalue weighted by Crippen LogP contribution is -2.54. The molecule has 1 aromatic carbocycles. The second kappa shape index (κ2) is 10.2. The van der Waals surface area contributed by atoms with Gasteiger partial charge in [0.05, 0.1) is 0 Å². The molecule has 1 aromatic rings. The van der Waals surface area contributed by atoms with Crippen LogP contribution in [0.3, 0.4) is 0 Å². The summed E-state index contributed by atoms with van der Waals surface area (Å²) < 4.78 is 37.7. The number of nitrogens with one attached hydrogen (secondary N) is 1. The Bertz CT molecular complexity index is 752. The van der Waals surface area contributed by atoms with E-state index >= 15 is 0 Å². The smallest absolute Gasteiger partial charge is 0.375 e. The number of alkyl halides is 3. The summed E-state index contributed by atoms with van der Waals surface area (Å²) in [6.07, 6.45) is 2.51. The molecule has 2 fully saturated rings. The lowest BCUT2D eigenvalue weighted by atomic mass is 9.79. The number of carbonyl (C=O) groups is 1. The summed E-state index contributed by atoms with van der Waals surface area (Å²) >= 11 is 0. The number of hydrogen-bond acceptors (Lipinski definition) is 3. The highest BCUT2D eigenvalue weighted by molar-refractivity contribution is 5.87. The van der Waals surface area contributed by atoms with Crippen LogP contribution in [0.2, 0.25) is 0 Å². The third kappa shape index (κ3) is 5.89. The summed E-state index contributed by atoms with van der Waals surface area (Å²) in [4.78, 5) is 15.4. The van der Waals surface area contributed by atoms with Crippen LogP contribution in [0.15, 0.2) is 42.0 Å². The van der Waals surface area contributed by atoms with Crippen LogP contribution in [-0.2, 0) is 10.4 Å². The number of likely N-dealkylation sites (tertiary alicyclic amines) is 1. The number of amides is 1. The van der Waals surface area contributed by atoms with Crippen LogP contribution in [0, 0.1) is 5.92 Å². The van der Waals surface area contributed by atoms with Crippen LogP contribution >= 0.6 is 0 Å². The Labute approximate surface area is 182 Å². The van der Waals surface area contributed by atoms with Gasteiger partial charge in [0.25, 0.3) is 5.91 Å². The second-order valence-electron chi connectivity index (χ2n) is 8.88. The molecule has 0 aromatic heterocycles. The van der Waals surface area contributed by atoms with E-state index in [9.17, 15) is 23.1 Å². The molecular formula is C24H33F3N2O2. The minimum atomic E-state index is -4.26. The van der Waals surface area contributed by atoms with E-state index in [4.69, 9.17) is 0 Å². The standard InChI is InChI=1S/C24H33F3N2O2/c1-18(24(25,26)27)8-7-15-29-16-13-21(14-17-29)28-22(30)23(31,20-11-5-6-12-20)19-9-3-2-4-10-19/h2-4,8-10,20-21,31H,5-7,11-17H2,1H3,(H,28,30)/b18-8+. The van der Waals surface area contributed by atoms with Crippen LogP contribution in [0.5, 0.6) is 0 Å². The first-order valence-corrected chi connectivity index (χ1v) is 11.3. The van der Waals surface area contributed by atoms with Crippen molar-refractivity contribution >= 4 is 5.91 Å². The number of piperidine rings is 1. The van der Waals surface area contributed by atoms with E-state index in [1.165, 1.54) is 6.08 Å². The highest BCUT2D eigenvalue weighted by Gasteiger charge is 2.46. The van der Waals surface area contributed by atoms with Gasteiger partial charge in [-0.05, 0) is 44.6 Å². The van der Waals surface area contributed by atoms with Gasteiger partial charge in [0.15, 0.2) is 5.60 Å². The summed E-state index contributed by atoms with van der Waals surface area (Å²) in [5.74, 6) is -0.411. The third-order valence-electron chi connectivity index (χ3n) is 6.77. The fourth-order valence-corrected chi connectivity index (χ4v) is 4.76. The molecule has 1 amide bonds. The van der Waals surface area contributed by atoms with Crippen molar-refractivity contribution in [3.05, 3.63) is 47.5 Å². The molecule has 2 aliphatic rings. The predicted octanol–water partition coefficient (Wildman–Crippen LogP) is 4.54. The Hall–Kier alpha value is -1.86. The van der Waals surface area contributed by atoms with E-state index in [-0.39, 0.29) is 17.9 Å². The fraction of sp³-hybridized carbons (Fsp3) is 0.625. The first-order valence-electron chi connectivity index (χ1n) is 11.3. The van der Waals surface area contributed by atoms with Crippen molar-refractivity contribution in [2.24, 2.45) is 5.92 Å². The zero-order chi connectivity index (χ0) is 22.5. The fourth-order valence-electron chi connectivity index (χ4n) is 4.76. The quantitative estimate of drug-likeness (QED) is 0.615. The highest BCUT2D eigenvalue weighted by atomic mass is 19.4. The van der Waals surface area contributed by atoms with E-state index < -0.39 is 17.4 Å². The molecule has 1 saturated carbocycles. The molecule has 1 aliphatic carbocycles. The Morgan fingerprint density at radius 3 is 2.32 bits per heavy atom. The molecule has 3 rings (SSSR count). The Morgan fingerprint density at radius 1 is 1.13 bits per heavy atom. The molecule has 1 heterocycles. The van der Waals surface area contributed by atoms with Crippen LogP contribution in [0.25, 0.3) is 0 Å². The van der Waals surface area contributed by atoms with Crippen molar-refractivity contribution in [1.29, 1.82) is 0 Å². The summed E-state index contributed by atoms with van der Waals surface area (Å²) in [6.45, 7) is 3.11. The number of allylic oxidation sites excluding steroid dienone is 1. The molecule has 0 bridgehead atoms. The van der Waals surface area contributed by atoms with Crippen LogP contribution in [-0.4, -0.2) is 47.8 Å². The van der Waals surface area contributed by atoms with Gasteiger partial charge in [-0.15, -0.1) is 0 Å². The lowest BCUT2D eigenvalue weighted by Gasteiger charge is -2.37. The molecule has 4 nitrogen and oxygen atoms in total. The molecule has 172 valence electrons. The first-order chi connectivity index (χ1) is 14.7. The summed E-state index contributed by atoms with van der Waals surface area (Å²) in [7, 11) is 0. The largest absolute Gasteiger partial charge is 0.412 e. The monoisotopic (exact) mass is 438 g/mol. The van der Waals surface area contributed by atoms with Gasteiger partial charge < -0.3 is 15.3 Å². The van der Waals surface area contributed by atoms with Crippen molar-refractivity contribution < 1.29 is 23.1 Å². The molecule has 1 aliphatic heterocycles. The van der Waals surface area contributed by atoms with Crippen molar-refractivity contribution in [2.45, 2.75) is 69.7 Å². The zero-order valence-electron chi connectivity index (χ0n) is 18.1. The average molecular weight is 439 g/mol. The van der Waals surface area contributed by atoms with Gasteiger partial charge in [-0.3, -0.25) is 4.79 Å². The van der Waals surface area contributed by atoms with Crippen molar-refractivity contribution in [3.63, 3.8) is 0 Å². The SMILES string of the molecule is C/C(=C\CCN1CCC(NC(=O)C(O)(c2ccccc2)C2CCCC2)CC1)C(F)(F)F. The molecule has 1 saturated heterocycles. The van der Waals surface area contributed by atoms with Gasteiger partial charge in [0.1, 0.15) is 0 Å². The van der Waals surface area contributed by atoms with Gasteiger partial charge >= 0.3 is 6.18 Å².